The SMILES string of the molecule is CS(=O)(=O)CCCNc1cc(Cl)ccc1N. The lowest BCUT2D eigenvalue weighted by Crippen LogP contribution is -2.10. The molecule has 0 aliphatic rings. The molecule has 4 nitrogen and oxygen atoms in total. The quantitative estimate of drug-likeness (QED) is 0.627. The molecule has 0 amide bonds. The number of benzene rings is 1. The topological polar surface area (TPSA) is 72.2 Å². The first-order valence-corrected chi connectivity index (χ1v) is 7.29. The monoisotopic (exact) mass is 262 g/mol. The molecule has 6 heteroatoms. The molecule has 16 heavy (non-hydrogen) atoms. The van der Waals surface area contributed by atoms with Gasteiger partial charge < -0.3 is 11.1 Å². The molecule has 0 unspecified atom stereocenters. The molecule has 0 atom stereocenters. The first-order valence-electron chi connectivity index (χ1n) is 4.85. The zero-order valence-electron chi connectivity index (χ0n) is 9.03. The molecular weight excluding hydrogens is 248 g/mol. The van der Waals surface area contributed by atoms with E-state index in [9.17, 15) is 8.42 Å². The van der Waals surface area contributed by atoms with Crippen LogP contribution in [0.25, 0.3) is 0 Å². The molecular formula is C10H15ClN2O2S. The third-order valence-corrected chi connectivity index (χ3v) is 3.29. The normalized spacial score (nSPS) is 11.4. The molecule has 90 valence electrons. The molecule has 0 aliphatic carbocycles. The first kappa shape index (κ1) is 13.1. The predicted molar refractivity (Wildman–Crippen MR) is 68.7 cm³/mol. The van der Waals surface area contributed by atoms with Crippen LogP contribution in [0, 0.1) is 0 Å². The van der Waals surface area contributed by atoms with E-state index < -0.39 is 9.84 Å². The molecule has 0 saturated heterocycles. The number of nitrogen functional groups attached to an aromatic ring is 1. The van der Waals surface area contributed by atoms with Gasteiger partial charge in [0.15, 0.2) is 0 Å². The van der Waals surface area contributed by atoms with Crippen LogP contribution < -0.4 is 11.1 Å². The minimum Gasteiger partial charge on any atom is -0.397 e. The number of nitrogens with two attached hydrogens (primary N) is 1. The van der Waals surface area contributed by atoms with E-state index in [2.05, 4.69) is 5.32 Å². The summed E-state index contributed by atoms with van der Waals surface area (Å²) in [6.07, 6.45) is 1.77. The lowest BCUT2D eigenvalue weighted by molar-refractivity contribution is 0.600. The van der Waals surface area contributed by atoms with Gasteiger partial charge in [-0.2, -0.15) is 0 Å². The highest BCUT2D eigenvalue weighted by molar-refractivity contribution is 7.90. The Bertz CT molecular complexity index is 460. The van der Waals surface area contributed by atoms with Crippen molar-refractivity contribution in [2.75, 3.05) is 29.6 Å². The second-order valence-electron chi connectivity index (χ2n) is 3.64. The van der Waals surface area contributed by atoms with E-state index >= 15 is 0 Å². The number of hydrogen-bond acceptors (Lipinski definition) is 4. The van der Waals surface area contributed by atoms with Gasteiger partial charge in [-0.3, -0.25) is 0 Å². The second-order valence-corrected chi connectivity index (χ2v) is 6.34. The molecule has 0 bridgehead atoms. The summed E-state index contributed by atoms with van der Waals surface area (Å²) in [5.41, 5.74) is 7.06. The first-order chi connectivity index (χ1) is 7.38. The average molecular weight is 263 g/mol. The van der Waals surface area contributed by atoms with Crippen molar-refractivity contribution < 1.29 is 8.42 Å². The predicted octanol–water partition coefficient (Wildman–Crippen LogP) is 1.77. The largest absolute Gasteiger partial charge is 0.397 e. The maximum absolute atomic E-state index is 10.9. The van der Waals surface area contributed by atoms with Gasteiger partial charge >= 0.3 is 0 Å². The summed E-state index contributed by atoms with van der Waals surface area (Å²) in [6.45, 7) is 0.553. The lowest BCUT2D eigenvalue weighted by Gasteiger charge is -2.09. The van der Waals surface area contributed by atoms with Gasteiger partial charge in [-0.15, -0.1) is 0 Å². The van der Waals surface area contributed by atoms with Gasteiger partial charge in [0.05, 0.1) is 17.1 Å². The van der Waals surface area contributed by atoms with Crippen molar-refractivity contribution in [3.63, 3.8) is 0 Å². The fourth-order valence-corrected chi connectivity index (χ4v) is 2.08. The minimum atomic E-state index is -2.89. The highest BCUT2D eigenvalue weighted by Gasteiger charge is 2.02. The standard InChI is InChI=1S/C10H15ClN2O2S/c1-16(14,15)6-2-5-13-10-7-8(11)3-4-9(10)12/h3-4,7,13H,2,5-6,12H2,1H3. The second kappa shape index (κ2) is 5.41. The van der Waals surface area contributed by atoms with Crippen molar-refractivity contribution in [2.24, 2.45) is 0 Å². The highest BCUT2D eigenvalue weighted by Crippen LogP contribution is 2.22. The Balaban J connectivity index is 2.46. The van der Waals surface area contributed by atoms with E-state index in [4.69, 9.17) is 17.3 Å². The van der Waals surface area contributed by atoms with Gasteiger partial charge in [0.2, 0.25) is 0 Å². The van der Waals surface area contributed by atoms with Crippen LogP contribution in [0.15, 0.2) is 18.2 Å². The highest BCUT2D eigenvalue weighted by atomic mass is 35.5. The van der Waals surface area contributed by atoms with Gasteiger partial charge in [-0.05, 0) is 24.6 Å². The van der Waals surface area contributed by atoms with Gasteiger partial charge in [-0.1, -0.05) is 11.6 Å². The van der Waals surface area contributed by atoms with Gasteiger partial charge in [0.1, 0.15) is 9.84 Å². The molecule has 1 aromatic carbocycles. The van der Waals surface area contributed by atoms with Crippen molar-refractivity contribution in [3.05, 3.63) is 23.2 Å². The van der Waals surface area contributed by atoms with Crippen LogP contribution in [-0.2, 0) is 9.84 Å². The Hall–Kier alpha value is -0.940. The fourth-order valence-electron chi connectivity index (χ4n) is 1.24. The summed E-state index contributed by atoms with van der Waals surface area (Å²) >= 11 is 5.81. The van der Waals surface area contributed by atoms with Crippen LogP contribution in [0.5, 0.6) is 0 Å². The summed E-state index contributed by atoms with van der Waals surface area (Å²) in [7, 11) is -2.89. The van der Waals surface area contributed by atoms with Crippen LogP contribution in [-0.4, -0.2) is 27.0 Å². The molecule has 0 saturated carbocycles. The Morgan fingerprint density at radius 3 is 2.75 bits per heavy atom. The average Bonchev–Trinajstić information content (AvgIpc) is 2.16. The van der Waals surface area contributed by atoms with Crippen LogP contribution in [0.1, 0.15) is 6.42 Å². The molecule has 0 heterocycles. The van der Waals surface area contributed by atoms with Gasteiger partial charge in [0.25, 0.3) is 0 Å². The molecule has 3 N–H and O–H groups in total. The zero-order valence-corrected chi connectivity index (χ0v) is 10.6. The molecule has 1 rings (SSSR count). The maximum Gasteiger partial charge on any atom is 0.147 e. The Labute approximate surface area is 101 Å². The van der Waals surface area contributed by atoms with Crippen molar-refractivity contribution in [1.82, 2.24) is 0 Å². The number of halogens is 1. The smallest absolute Gasteiger partial charge is 0.147 e. The summed E-state index contributed by atoms with van der Waals surface area (Å²) < 4.78 is 21.8. The minimum absolute atomic E-state index is 0.167. The summed E-state index contributed by atoms with van der Waals surface area (Å²) in [5.74, 6) is 0.167. The number of anilines is 2. The zero-order chi connectivity index (χ0) is 12.2. The van der Waals surface area contributed by atoms with E-state index in [0.717, 1.165) is 5.69 Å². The van der Waals surface area contributed by atoms with E-state index in [1.807, 2.05) is 0 Å². The molecule has 0 fully saturated rings. The van der Waals surface area contributed by atoms with Crippen LogP contribution in [0.4, 0.5) is 11.4 Å². The van der Waals surface area contributed by atoms with Crippen molar-refractivity contribution in [1.29, 1.82) is 0 Å². The molecule has 1 aromatic rings. The maximum atomic E-state index is 10.9. The number of hydrogen-bond donors (Lipinski definition) is 2. The Kier molecular flexibility index (Phi) is 4.44. The van der Waals surface area contributed by atoms with Crippen LogP contribution >= 0.6 is 11.6 Å². The van der Waals surface area contributed by atoms with Gasteiger partial charge in [-0.25, -0.2) is 8.42 Å². The molecule has 0 aliphatic heterocycles. The third kappa shape index (κ3) is 4.72. The van der Waals surface area contributed by atoms with E-state index in [-0.39, 0.29) is 5.75 Å². The van der Waals surface area contributed by atoms with Crippen molar-refractivity contribution >= 4 is 32.8 Å². The van der Waals surface area contributed by atoms with Crippen molar-refractivity contribution in [2.45, 2.75) is 6.42 Å². The number of nitrogens with one attached hydrogen (secondary N) is 1. The molecule has 0 radical (unpaired) electrons. The Morgan fingerprint density at radius 1 is 1.44 bits per heavy atom. The fraction of sp³-hybridized carbons (Fsp3) is 0.400. The van der Waals surface area contributed by atoms with E-state index in [1.54, 1.807) is 18.2 Å². The molecule has 0 spiro atoms. The van der Waals surface area contributed by atoms with Gasteiger partial charge in [0, 0.05) is 17.8 Å². The lowest BCUT2D eigenvalue weighted by atomic mass is 10.2. The van der Waals surface area contributed by atoms with Crippen molar-refractivity contribution in [3.8, 4) is 0 Å². The third-order valence-electron chi connectivity index (χ3n) is 2.02. The molecule has 0 aromatic heterocycles. The summed E-state index contributed by atoms with van der Waals surface area (Å²) in [6, 6.07) is 5.14. The number of rotatable bonds is 5. The summed E-state index contributed by atoms with van der Waals surface area (Å²) in [4.78, 5) is 0. The summed E-state index contributed by atoms with van der Waals surface area (Å²) in [5, 5.41) is 3.65. The number of sulfone groups is 1. The Morgan fingerprint density at radius 2 is 2.12 bits per heavy atom. The van der Waals surface area contributed by atoms with Crippen LogP contribution in [0.2, 0.25) is 5.02 Å². The van der Waals surface area contributed by atoms with Crippen LogP contribution in [0.3, 0.4) is 0 Å². The van der Waals surface area contributed by atoms with E-state index in [0.29, 0.717) is 23.7 Å². The van der Waals surface area contributed by atoms with E-state index in [1.165, 1.54) is 6.26 Å².